The fourth-order valence-electron chi connectivity index (χ4n) is 1.41. The summed E-state index contributed by atoms with van der Waals surface area (Å²) in [6, 6.07) is 13.5. The van der Waals surface area contributed by atoms with Crippen molar-refractivity contribution in [3.63, 3.8) is 0 Å². The fourth-order valence-corrected chi connectivity index (χ4v) is 1.41. The zero-order valence-electron chi connectivity index (χ0n) is 8.38. The number of rotatable bonds is 2. The van der Waals surface area contributed by atoms with Crippen LogP contribution in [0.4, 0.5) is 0 Å². The summed E-state index contributed by atoms with van der Waals surface area (Å²) in [5, 5.41) is 17.6. The van der Waals surface area contributed by atoms with Crippen LogP contribution in [0, 0.1) is 29.0 Å². The van der Waals surface area contributed by atoms with Crippen LogP contribution < -0.4 is 0 Å². The maximum atomic E-state index is 8.92. The molecule has 2 rings (SSSR count). The topological polar surface area (TPSA) is 65.4 Å². The van der Waals surface area contributed by atoms with Crippen molar-refractivity contribution in [2.75, 3.05) is 0 Å². The number of imidazole rings is 1. The van der Waals surface area contributed by atoms with Crippen LogP contribution in [0.25, 0.3) is 0 Å². The Morgan fingerprint density at radius 3 is 2.56 bits per heavy atom. The van der Waals surface area contributed by atoms with E-state index in [1.54, 1.807) is 4.57 Å². The Morgan fingerprint density at radius 1 is 1.19 bits per heavy atom. The van der Waals surface area contributed by atoms with Crippen molar-refractivity contribution < 1.29 is 0 Å². The first-order valence-corrected chi connectivity index (χ1v) is 4.67. The molecule has 0 aliphatic carbocycles. The summed E-state index contributed by atoms with van der Waals surface area (Å²) in [4.78, 5) is 3.76. The van der Waals surface area contributed by atoms with E-state index < -0.39 is 0 Å². The van der Waals surface area contributed by atoms with Gasteiger partial charge in [-0.2, -0.15) is 10.5 Å². The van der Waals surface area contributed by atoms with Crippen molar-refractivity contribution in [1.82, 2.24) is 9.55 Å². The first-order valence-electron chi connectivity index (χ1n) is 4.67. The maximum Gasteiger partial charge on any atom is 0.179 e. The van der Waals surface area contributed by atoms with E-state index in [0.717, 1.165) is 5.56 Å². The van der Waals surface area contributed by atoms with Crippen LogP contribution in [0.2, 0.25) is 0 Å². The lowest BCUT2D eigenvalue weighted by molar-refractivity contribution is 0.778. The Balaban J connectivity index is 2.34. The summed E-state index contributed by atoms with van der Waals surface area (Å²) >= 11 is 0. The van der Waals surface area contributed by atoms with E-state index in [0.29, 0.717) is 6.54 Å². The zero-order valence-corrected chi connectivity index (χ0v) is 8.38. The summed E-state index contributed by atoms with van der Waals surface area (Å²) in [5.74, 6) is 0. The van der Waals surface area contributed by atoms with Gasteiger partial charge < -0.3 is 4.57 Å². The van der Waals surface area contributed by atoms with Gasteiger partial charge in [-0.3, -0.25) is 0 Å². The predicted octanol–water partition coefficient (Wildman–Crippen LogP) is 1.47. The Kier molecular flexibility index (Phi) is 2.67. The summed E-state index contributed by atoms with van der Waals surface area (Å²) in [7, 11) is 0. The number of hydrogen-bond donors (Lipinski definition) is 0. The lowest BCUT2D eigenvalue weighted by Crippen LogP contribution is -2.01. The minimum atomic E-state index is 0.124. The number of nitriles is 2. The average molecular weight is 207 g/mol. The van der Waals surface area contributed by atoms with Crippen LogP contribution in [-0.2, 0) is 6.54 Å². The van der Waals surface area contributed by atoms with Gasteiger partial charge in [0.25, 0.3) is 0 Å². The standard InChI is InChI=1S/C12H7N4/c13-6-11-12(7-14)16(9-15-11)8-10-4-2-1-3-5-10/h1-5H,8H2. The van der Waals surface area contributed by atoms with E-state index in [1.165, 1.54) is 0 Å². The molecule has 16 heavy (non-hydrogen) atoms. The lowest BCUT2D eigenvalue weighted by atomic mass is 10.2. The lowest BCUT2D eigenvalue weighted by Gasteiger charge is -2.02. The molecule has 75 valence electrons. The Morgan fingerprint density at radius 2 is 1.94 bits per heavy atom. The van der Waals surface area contributed by atoms with Gasteiger partial charge in [-0.1, -0.05) is 30.3 Å². The molecule has 4 heteroatoms. The van der Waals surface area contributed by atoms with Gasteiger partial charge in [-0.05, 0) is 5.56 Å². The molecule has 1 aromatic heterocycles. The quantitative estimate of drug-likeness (QED) is 0.749. The molecule has 0 fully saturated rings. The zero-order chi connectivity index (χ0) is 11.4. The summed E-state index contributed by atoms with van der Waals surface area (Å²) in [5.41, 5.74) is 1.42. The van der Waals surface area contributed by atoms with Crippen molar-refractivity contribution in [2.24, 2.45) is 0 Å². The molecule has 1 heterocycles. The molecule has 4 nitrogen and oxygen atoms in total. The second kappa shape index (κ2) is 4.29. The van der Waals surface area contributed by atoms with Crippen molar-refractivity contribution in [3.05, 3.63) is 53.6 Å². The van der Waals surface area contributed by atoms with Crippen LogP contribution in [0.3, 0.4) is 0 Å². The third-order valence-corrected chi connectivity index (χ3v) is 2.17. The van der Waals surface area contributed by atoms with Crippen molar-refractivity contribution in [2.45, 2.75) is 6.54 Å². The van der Waals surface area contributed by atoms with E-state index >= 15 is 0 Å². The van der Waals surface area contributed by atoms with Crippen molar-refractivity contribution in [1.29, 1.82) is 10.5 Å². The normalized spacial score (nSPS) is 9.38. The first-order chi connectivity index (χ1) is 7.85. The van der Waals surface area contributed by atoms with E-state index in [-0.39, 0.29) is 11.4 Å². The van der Waals surface area contributed by atoms with Crippen LogP contribution in [0.1, 0.15) is 17.0 Å². The molecule has 0 saturated heterocycles. The van der Waals surface area contributed by atoms with Crippen LogP contribution in [-0.4, -0.2) is 9.55 Å². The Labute approximate surface area is 93.0 Å². The molecule has 0 unspecified atom stereocenters. The highest BCUT2D eigenvalue weighted by Crippen LogP contribution is 2.08. The van der Waals surface area contributed by atoms with Gasteiger partial charge in [0.2, 0.25) is 0 Å². The minimum Gasteiger partial charge on any atom is -0.308 e. The molecule has 0 spiro atoms. The van der Waals surface area contributed by atoms with Crippen molar-refractivity contribution >= 4 is 0 Å². The molecule has 0 amide bonds. The highest BCUT2D eigenvalue weighted by molar-refractivity contribution is 5.36. The molecule has 1 radical (unpaired) electrons. The molecule has 0 atom stereocenters. The smallest absolute Gasteiger partial charge is 0.179 e. The van der Waals surface area contributed by atoms with Gasteiger partial charge in [-0.25, -0.2) is 4.98 Å². The second-order valence-corrected chi connectivity index (χ2v) is 3.20. The molecular weight excluding hydrogens is 200 g/mol. The monoisotopic (exact) mass is 207 g/mol. The van der Waals surface area contributed by atoms with E-state index in [1.807, 2.05) is 42.5 Å². The Bertz CT molecular complexity index is 569. The number of hydrogen-bond acceptors (Lipinski definition) is 3. The molecule has 0 aliphatic heterocycles. The summed E-state index contributed by atoms with van der Waals surface area (Å²) < 4.78 is 1.55. The van der Waals surface area contributed by atoms with Crippen LogP contribution >= 0.6 is 0 Å². The van der Waals surface area contributed by atoms with Gasteiger partial charge in [0, 0.05) is 0 Å². The average Bonchev–Trinajstić information content (AvgIpc) is 2.72. The van der Waals surface area contributed by atoms with Gasteiger partial charge in [-0.15, -0.1) is 0 Å². The van der Waals surface area contributed by atoms with Gasteiger partial charge in [0.05, 0.1) is 6.54 Å². The van der Waals surface area contributed by atoms with Crippen LogP contribution in [0.15, 0.2) is 30.3 Å². The first kappa shape index (κ1) is 9.95. The SMILES string of the molecule is N#Cc1n[c]n(Cc2ccccc2)c1C#N. The molecule has 0 bridgehead atoms. The third kappa shape index (κ3) is 1.77. The van der Waals surface area contributed by atoms with Crippen LogP contribution in [0.5, 0.6) is 0 Å². The molecule has 0 saturated carbocycles. The molecular formula is C12H7N4. The van der Waals surface area contributed by atoms with E-state index in [2.05, 4.69) is 11.3 Å². The molecule has 2 aromatic rings. The predicted molar refractivity (Wildman–Crippen MR) is 56.0 cm³/mol. The van der Waals surface area contributed by atoms with Gasteiger partial charge >= 0.3 is 0 Å². The number of nitrogens with zero attached hydrogens (tertiary/aromatic N) is 4. The second-order valence-electron chi connectivity index (χ2n) is 3.20. The van der Waals surface area contributed by atoms with Crippen molar-refractivity contribution in [3.8, 4) is 12.1 Å². The van der Waals surface area contributed by atoms with Gasteiger partial charge in [0.1, 0.15) is 12.1 Å². The number of benzene rings is 1. The summed E-state index contributed by atoms with van der Waals surface area (Å²) in [6.45, 7) is 0.498. The third-order valence-electron chi connectivity index (χ3n) is 2.17. The highest BCUT2D eigenvalue weighted by atomic mass is 15.1. The molecule has 0 aliphatic rings. The van der Waals surface area contributed by atoms with E-state index in [4.69, 9.17) is 10.5 Å². The highest BCUT2D eigenvalue weighted by Gasteiger charge is 2.10. The minimum absolute atomic E-state index is 0.124. The van der Waals surface area contributed by atoms with E-state index in [9.17, 15) is 0 Å². The Hall–Kier alpha value is -2.59. The number of aromatic nitrogens is 2. The molecule has 1 aromatic carbocycles. The molecule has 0 N–H and O–H groups in total. The largest absolute Gasteiger partial charge is 0.308 e. The maximum absolute atomic E-state index is 8.92. The summed E-state index contributed by atoms with van der Waals surface area (Å²) in [6.07, 6.45) is 2.65. The van der Waals surface area contributed by atoms with Gasteiger partial charge in [0.15, 0.2) is 17.7 Å². The fraction of sp³-hybridized carbons (Fsp3) is 0.0833.